The second-order valence-corrected chi connectivity index (χ2v) is 8.72. The van der Waals surface area contributed by atoms with Crippen LogP contribution in [0.2, 0.25) is 0 Å². The first-order chi connectivity index (χ1) is 15.2. The van der Waals surface area contributed by atoms with E-state index in [1.807, 2.05) is 38.1 Å². The molecule has 0 aliphatic carbocycles. The van der Waals surface area contributed by atoms with Gasteiger partial charge in [-0.3, -0.25) is 9.59 Å². The van der Waals surface area contributed by atoms with Crippen LogP contribution in [0, 0.1) is 5.92 Å². The average Bonchev–Trinajstić information content (AvgIpc) is 2.79. The highest BCUT2D eigenvalue weighted by Crippen LogP contribution is 2.27. The van der Waals surface area contributed by atoms with Gasteiger partial charge in [0.15, 0.2) is 6.61 Å². The predicted octanol–water partition coefficient (Wildman–Crippen LogP) is 4.03. The zero-order chi connectivity index (χ0) is 23.7. The fourth-order valence-electron chi connectivity index (χ4n) is 2.91. The van der Waals surface area contributed by atoms with E-state index in [2.05, 4.69) is 21.2 Å². The molecule has 0 aliphatic rings. The molecule has 0 aromatic heterocycles. The molecule has 8 heteroatoms. The number of carbonyl (C=O) groups excluding carboxylic acids is 2. The van der Waals surface area contributed by atoms with Crippen molar-refractivity contribution in [2.45, 2.75) is 33.4 Å². The zero-order valence-electron chi connectivity index (χ0n) is 19.2. The van der Waals surface area contributed by atoms with Gasteiger partial charge in [0.25, 0.3) is 5.91 Å². The van der Waals surface area contributed by atoms with E-state index < -0.39 is 6.04 Å². The molecule has 2 aromatic carbocycles. The molecule has 0 unspecified atom stereocenters. The van der Waals surface area contributed by atoms with Crippen molar-refractivity contribution < 1.29 is 23.8 Å². The van der Waals surface area contributed by atoms with Crippen LogP contribution < -0.4 is 19.5 Å². The summed E-state index contributed by atoms with van der Waals surface area (Å²) in [6.45, 7) is 6.37. The molecule has 2 rings (SSSR count). The van der Waals surface area contributed by atoms with E-state index in [4.69, 9.17) is 14.2 Å². The summed E-state index contributed by atoms with van der Waals surface area (Å²) in [6, 6.07) is 12.0. The Bertz CT molecular complexity index is 880. The lowest BCUT2D eigenvalue weighted by molar-refractivity contribution is -0.142. The van der Waals surface area contributed by atoms with Crippen molar-refractivity contribution in [1.29, 1.82) is 0 Å². The second kappa shape index (κ2) is 12.3. The van der Waals surface area contributed by atoms with Crippen LogP contribution in [0.4, 0.5) is 0 Å². The zero-order valence-corrected chi connectivity index (χ0v) is 20.8. The number of nitrogens with one attached hydrogen (secondary N) is 1. The summed E-state index contributed by atoms with van der Waals surface area (Å²) in [6.07, 6.45) is 0. The van der Waals surface area contributed by atoms with Crippen molar-refractivity contribution in [1.82, 2.24) is 10.2 Å². The van der Waals surface area contributed by atoms with E-state index in [-0.39, 0.29) is 25.0 Å². The molecule has 0 heterocycles. The maximum atomic E-state index is 13.1. The molecule has 0 bridgehead atoms. The van der Waals surface area contributed by atoms with Crippen molar-refractivity contribution >= 4 is 27.7 Å². The number of amides is 2. The first-order valence-electron chi connectivity index (χ1n) is 10.4. The van der Waals surface area contributed by atoms with Crippen LogP contribution in [0.1, 0.15) is 26.3 Å². The average molecular weight is 507 g/mol. The minimum atomic E-state index is -0.659. The normalized spacial score (nSPS) is 11.6. The van der Waals surface area contributed by atoms with Crippen LogP contribution in [0.5, 0.6) is 17.2 Å². The van der Waals surface area contributed by atoms with Crippen molar-refractivity contribution in [3.63, 3.8) is 0 Å². The molecule has 174 valence electrons. The summed E-state index contributed by atoms with van der Waals surface area (Å²) in [4.78, 5) is 27.3. The Morgan fingerprint density at radius 3 is 2.06 bits per heavy atom. The Kier molecular flexibility index (Phi) is 9.84. The Balaban J connectivity index is 2.17. The first-order valence-corrected chi connectivity index (χ1v) is 11.2. The minimum absolute atomic E-state index is 0.202. The SMILES string of the molecule is COc1cc(OC)cc(OCC(=O)N(Cc2ccc(Br)cc2)[C@H](C)C(=O)NCC(C)C)c1. The number of nitrogens with zero attached hydrogens (tertiary/aromatic N) is 1. The molecule has 0 spiro atoms. The highest BCUT2D eigenvalue weighted by atomic mass is 79.9. The number of rotatable bonds is 11. The Hall–Kier alpha value is -2.74. The van der Waals surface area contributed by atoms with E-state index in [1.54, 1.807) is 39.3 Å². The third-order valence-corrected chi connectivity index (χ3v) is 5.33. The Morgan fingerprint density at radius 1 is 0.969 bits per heavy atom. The number of halogens is 1. The van der Waals surface area contributed by atoms with E-state index in [9.17, 15) is 9.59 Å². The molecule has 32 heavy (non-hydrogen) atoms. The fourth-order valence-corrected chi connectivity index (χ4v) is 3.18. The summed E-state index contributed by atoms with van der Waals surface area (Å²) in [5, 5.41) is 2.90. The lowest BCUT2D eigenvalue weighted by atomic mass is 10.1. The lowest BCUT2D eigenvalue weighted by Gasteiger charge is -2.29. The van der Waals surface area contributed by atoms with E-state index >= 15 is 0 Å². The number of carbonyl (C=O) groups is 2. The molecular weight excluding hydrogens is 476 g/mol. The van der Waals surface area contributed by atoms with E-state index in [1.165, 1.54) is 4.90 Å². The third kappa shape index (κ3) is 7.75. The highest BCUT2D eigenvalue weighted by Gasteiger charge is 2.26. The van der Waals surface area contributed by atoms with Gasteiger partial charge in [0.05, 0.1) is 14.2 Å². The molecule has 2 amide bonds. The van der Waals surface area contributed by atoms with Crippen LogP contribution in [0.25, 0.3) is 0 Å². The van der Waals surface area contributed by atoms with Gasteiger partial charge in [-0.15, -0.1) is 0 Å². The van der Waals surface area contributed by atoms with Gasteiger partial charge >= 0.3 is 0 Å². The topological polar surface area (TPSA) is 77.1 Å². The molecule has 1 atom stereocenters. The molecular formula is C24H31BrN2O5. The first kappa shape index (κ1) is 25.5. The highest BCUT2D eigenvalue weighted by molar-refractivity contribution is 9.10. The van der Waals surface area contributed by atoms with Gasteiger partial charge < -0.3 is 24.4 Å². The summed E-state index contributed by atoms with van der Waals surface area (Å²) in [5.41, 5.74) is 0.910. The molecule has 0 saturated heterocycles. The van der Waals surface area contributed by atoms with Gasteiger partial charge in [0, 0.05) is 35.8 Å². The Labute approximate surface area is 198 Å². The monoisotopic (exact) mass is 506 g/mol. The minimum Gasteiger partial charge on any atom is -0.496 e. The van der Waals surface area contributed by atoms with Crippen LogP contribution >= 0.6 is 15.9 Å². The van der Waals surface area contributed by atoms with Crippen molar-refractivity contribution in [2.24, 2.45) is 5.92 Å². The molecule has 0 radical (unpaired) electrons. The Morgan fingerprint density at radius 2 is 1.53 bits per heavy atom. The van der Waals surface area contributed by atoms with Crippen molar-refractivity contribution in [2.75, 3.05) is 27.4 Å². The van der Waals surface area contributed by atoms with Crippen LogP contribution in [-0.4, -0.2) is 50.1 Å². The van der Waals surface area contributed by atoms with Gasteiger partial charge in [0.2, 0.25) is 5.91 Å². The van der Waals surface area contributed by atoms with Crippen LogP contribution in [0.3, 0.4) is 0 Å². The summed E-state index contributed by atoms with van der Waals surface area (Å²) in [7, 11) is 3.09. The summed E-state index contributed by atoms with van der Waals surface area (Å²) >= 11 is 3.42. The molecule has 1 N–H and O–H groups in total. The van der Waals surface area contributed by atoms with E-state index in [0.29, 0.717) is 29.7 Å². The number of benzene rings is 2. The quantitative estimate of drug-likeness (QED) is 0.497. The van der Waals surface area contributed by atoms with Crippen molar-refractivity contribution in [3.8, 4) is 17.2 Å². The maximum Gasteiger partial charge on any atom is 0.261 e. The molecule has 7 nitrogen and oxygen atoms in total. The van der Waals surface area contributed by atoms with Gasteiger partial charge in [-0.05, 0) is 30.5 Å². The summed E-state index contributed by atoms with van der Waals surface area (Å²) in [5.74, 6) is 1.36. The predicted molar refractivity (Wildman–Crippen MR) is 127 cm³/mol. The molecule has 2 aromatic rings. The van der Waals surface area contributed by atoms with Gasteiger partial charge in [0.1, 0.15) is 23.3 Å². The molecule has 0 aliphatic heterocycles. The maximum absolute atomic E-state index is 13.1. The van der Waals surface area contributed by atoms with Gasteiger partial charge in [-0.2, -0.15) is 0 Å². The fraction of sp³-hybridized carbons (Fsp3) is 0.417. The number of ether oxygens (including phenoxy) is 3. The standard InChI is InChI=1S/C24H31BrN2O5/c1-16(2)13-26-24(29)17(3)27(14-18-6-8-19(25)9-7-18)23(28)15-32-22-11-20(30-4)10-21(12-22)31-5/h6-12,16-17H,13-15H2,1-5H3,(H,26,29)/t17-/m1/s1. The summed E-state index contributed by atoms with van der Waals surface area (Å²) < 4.78 is 17.2. The van der Waals surface area contributed by atoms with Crippen molar-refractivity contribution in [3.05, 3.63) is 52.5 Å². The lowest BCUT2D eigenvalue weighted by Crippen LogP contribution is -2.49. The molecule has 0 saturated carbocycles. The smallest absolute Gasteiger partial charge is 0.261 e. The number of hydrogen-bond donors (Lipinski definition) is 1. The van der Waals surface area contributed by atoms with Gasteiger partial charge in [-0.1, -0.05) is 41.9 Å². The molecule has 0 fully saturated rings. The number of hydrogen-bond acceptors (Lipinski definition) is 5. The second-order valence-electron chi connectivity index (χ2n) is 7.80. The largest absolute Gasteiger partial charge is 0.496 e. The van der Waals surface area contributed by atoms with Gasteiger partial charge in [-0.25, -0.2) is 0 Å². The van der Waals surface area contributed by atoms with Crippen LogP contribution in [0.15, 0.2) is 46.9 Å². The van der Waals surface area contributed by atoms with Crippen LogP contribution in [-0.2, 0) is 16.1 Å². The number of methoxy groups -OCH3 is 2. The van der Waals surface area contributed by atoms with E-state index in [0.717, 1.165) is 10.0 Å². The third-order valence-electron chi connectivity index (χ3n) is 4.81.